The van der Waals surface area contributed by atoms with Crippen molar-refractivity contribution in [1.29, 1.82) is 0 Å². The third-order valence-corrected chi connectivity index (χ3v) is 4.94. The monoisotopic (exact) mass is 379 g/mol. The van der Waals surface area contributed by atoms with Gasteiger partial charge in [-0.3, -0.25) is 4.79 Å². The van der Waals surface area contributed by atoms with Crippen LogP contribution in [0.5, 0.6) is 0 Å². The van der Waals surface area contributed by atoms with E-state index in [2.05, 4.69) is 17.2 Å². The Labute approximate surface area is 157 Å². The van der Waals surface area contributed by atoms with Gasteiger partial charge in [-0.15, -0.1) is 11.3 Å². The Balaban J connectivity index is 2.35. The molecular formula is C18H25N3O4S. The van der Waals surface area contributed by atoms with Crippen LogP contribution in [0.4, 0.5) is 0 Å². The first kappa shape index (κ1) is 20.1. The molecule has 0 radical (unpaired) electrons. The molecule has 0 spiro atoms. The molecule has 1 amide bonds. The number of carboxylic acid groups (broad SMARTS) is 1. The van der Waals surface area contributed by atoms with E-state index in [-0.39, 0.29) is 10.9 Å². The van der Waals surface area contributed by atoms with Crippen LogP contribution in [-0.2, 0) is 11.3 Å². The molecule has 2 heterocycles. The van der Waals surface area contributed by atoms with Crippen LogP contribution >= 0.6 is 11.3 Å². The topological polar surface area (TPSA) is 93.5 Å². The summed E-state index contributed by atoms with van der Waals surface area (Å²) in [6, 6.07) is 1.80. The third-order valence-electron chi connectivity index (χ3n) is 4.11. The Bertz CT molecular complexity index is 767. The molecule has 0 fully saturated rings. The van der Waals surface area contributed by atoms with Crippen LogP contribution in [0.2, 0.25) is 0 Å². The molecule has 7 nitrogen and oxygen atoms in total. The largest absolute Gasteiger partial charge is 0.476 e. The predicted octanol–water partition coefficient (Wildman–Crippen LogP) is 3.18. The first-order valence-electron chi connectivity index (χ1n) is 8.66. The number of carbonyl (C=O) groups is 2. The van der Waals surface area contributed by atoms with Crippen LogP contribution in [0, 0.1) is 6.92 Å². The number of nitrogens with zero attached hydrogens (tertiary/aromatic N) is 2. The Hall–Kier alpha value is -2.19. The lowest BCUT2D eigenvalue weighted by atomic mass is 10.2. The van der Waals surface area contributed by atoms with E-state index in [1.807, 2.05) is 11.5 Å². The number of ether oxygens (including phenoxy) is 1. The predicted molar refractivity (Wildman–Crippen MR) is 101 cm³/mol. The summed E-state index contributed by atoms with van der Waals surface area (Å²) in [4.78, 5) is 27.8. The molecule has 0 unspecified atom stereocenters. The van der Waals surface area contributed by atoms with E-state index in [1.54, 1.807) is 18.6 Å². The van der Waals surface area contributed by atoms with E-state index >= 15 is 0 Å². The van der Waals surface area contributed by atoms with Gasteiger partial charge in [0.2, 0.25) is 5.01 Å². The molecule has 8 heteroatoms. The molecular weight excluding hydrogens is 354 g/mol. The van der Waals surface area contributed by atoms with E-state index in [0.717, 1.165) is 42.0 Å². The zero-order valence-electron chi connectivity index (χ0n) is 15.4. The zero-order chi connectivity index (χ0) is 19.1. The number of carbonyl (C=O) groups excluding carboxylic acids is 1. The van der Waals surface area contributed by atoms with Crippen molar-refractivity contribution in [1.82, 2.24) is 14.9 Å². The highest BCUT2D eigenvalue weighted by atomic mass is 32.1. The summed E-state index contributed by atoms with van der Waals surface area (Å²) in [5.41, 5.74) is 2.76. The van der Waals surface area contributed by atoms with E-state index < -0.39 is 5.97 Å². The summed E-state index contributed by atoms with van der Waals surface area (Å²) < 4.78 is 7.13. The fraction of sp³-hybridized carbons (Fsp3) is 0.500. The minimum atomic E-state index is -1.05. The molecule has 2 aromatic rings. The second kappa shape index (κ2) is 9.49. The average molecular weight is 379 g/mol. The summed E-state index contributed by atoms with van der Waals surface area (Å²) in [6.45, 7) is 5.88. The number of unbranched alkanes of at least 4 members (excludes halogenated alkanes) is 1. The standard InChI is InChI=1S/C18H25N3O4S/c1-4-5-7-19-16(22)13-10-15(14-11-26-17(20-14)18(23)24)21(12(13)2)8-6-9-25-3/h10-11H,4-9H2,1-3H3,(H,19,22)(H,23,24). The van der Waals surface area contributed by atoms with Crippen LogP contribution in [0.25, 0.3) is 11.4 Å². The van der Waals surface area contributed by atoms with Gasteiger partial charge in [-0.1, -0.05) is 13.3 Å². The normalized spacial score (nSPS) is 10.9. The number of aromatic nitrogens is 2. The molecule has 0 bridgehead atoms. The minimum Gasteiger partial charge on any atom is -0.476 e. The molecule has 0 aliphatic heterocycles. The molecule has 0 saturated carbocycles. The van der Waals surface area contributed by atoms with Crippen molar-refractivity contribution in [2.75, 3.05) is 20.3 Å². The van der Waals surface area contributed by atoms with Crippen molar-refractivity contribution in [2.24, 2.45) is 0 Å². The molecule has 26 heavy (non-hydrogen) atoms. The highest BCUT2D eigenvalue weighted by Crippen LogP contribution is 2.28. The highest BCUT2D eigenvalue weighted by Gasteiger charge is 2.20. The van der Waals surface area contributed by atoms with Gasteiger partial charge in [0, 0.05) is 37.9 Å². The van der Waals surface area contributed by atoms with Crippen LogP contribution in [0.1, 0.15) is 52.0 Å². The number of thiazole rings is 1. The van der Waals surface area contributed by atoms with Crippen molar-refractivity contribution >= 4 is 23.2 Å². The van der Waals surface area contributed by atoms with E-state index in [4.69, 9.17) is 9.84 Å². The number of nitrogens with one attached hydrogen (secondary N) is 1. The summed E-state index contributed by atoms with van der Waals surface area (Å²) in [6.07, 6.45) is 2.73. The quantitative estimate of drug-likeness (QED) is 0.619. The fourth-order valence-electron chi connectivity index (χ4n) is 2.71. The Morgan fingerprint density at radius 3 is 2.77 bits per heavy atom. The first-order valence-corrected chi connectivity index (χ1v) is 9.54. The summed E-state index contributed by atoms with van der Waals surface area (Å²) in [7, 11) is 1.65. The number of carboxylic acids is 1. The second-order valence-electron chi connectivity index (χ2n) is 5.98. The van der Waals surface area contributed by atoms with Crippen molar-refractivity contribution in [2.45, 2.75) is 39.7 Å². The summed E-state index contributed by atoms with van der Waals surface area (Å²) >= 11 is 1.08. The Kier molecular flexibility index (Phi) is 7.35. The van der Waals surface area contributed by atoms with Gasteiger partial charge < -0.3 is 19.7 Å². The van der Waals surface area contributed by atoms with Gasteiger partial charge in [-0.25, -0.2) is 9.78 Å². The van der Waals surface area contributed by atoms with Crippen molar-refractivity contribution in [3.05, 3.63) is 27.7 Å². The maximum absolute atomic E-state index is 12.5. The number of amides is 1. The van der Waals surface area contributed by atoms with E-state index in [9.17, 15) is 9.59 Å². The van der Waals surface area contributed by atoms with E-state index in [1.165, 1.54) is 0 Å². The summed E-state index contributed by atoms with van der Waals surface area (Å²) in [5.74, 6) is -1.16. The molecule has 0 aromatic carbocycles. The van der Waals surface area contributed by atoms with Crippen LogP contribution < -0.4 is 5.32 Å². The molecule has 0 aliphatic carbocycles. The van der Waals surface area contributed by atoms with Crippen molar-refractivity contribution < 1.29 is 19.4 Å². The number of rotatable bonds is 10. The van der Waals surface area contributed by atoms with Crippen LogP contribution in [-0.4, -0.2) is 46.8 Å². The van der Waals surface area contributed by atoms with Crippen molar-refractivity contribution in [3.8, 4) is 11.4 Å². The SMILES string of the molecule is CCCCNC(=O)c1cc(-c2csc(C(=O)O)n2)n(CCCOC)c1C. The lowest BCUT2D eigenvalue weighted by molar-refractivity contribution is 0.0696. The van der Waals surface area contributed by atoms with Crippen LogP contribution in [0.15, 0.2) is 11.4 Å². The van der Waals surface area contributed by atoms with E-state index in [0.29, 0.717) is 31.0 Å². The molecule has 2 rings (SSSR count). The number of hydrogen-bond donors (Lipinski definition) is 2. The number of aromatic carboxylic acids is 1. The second-order valence-corrected chi connectivity index (χ2v) is 6.84. The Morgan fingerprint density at radius 2 is 2.15 bits per heavy atom. The molecule has 2 aromatic heterocycles. The van der Waals surface area contributed by atoms with Gasteiger partial charge in [-0.05, 0) is 25.8 Å². The lowest BCUT2D eigenvalue weighted by Gasteiger charge is -2.10. The average Bonchev–Trinajstić information content (AvgIpc) is 3.21. The smallest absolute Gasteiger partial charge is 0.365 e. The first-order chi connectivity index (χ1) is 12.5. The van der Waals surface area contributed by atoms with Gasteiger partial charge in [0.15, 0.2) is 0 Å². The lowest BCUT2D eigenvalue weighted by Crippen LogP contribution is -2.24. The Morgan fingerprint density at radius 1 is 1.38 bits per heavy atom. The molecule has 0 saturated heterocycles. The molecule has 0 atom stereocenters. The number of hydrogen-bond acceptors (Lipinski definition) is 5. The zero-order valence-corrected chi connectivity index (χ0v) is 16.2. The highest BCUT2D eigenvalue weighted by molar-refractivity contribution is 7.11. The van der Waals surface area contributed by atoms with Gasteiger partial charge in [0.1, 0.15) is 0 Å². The summed E-state index contributed by atoms with van der Waals surface area (Å²) in [5, 5.41) is 13.8. The van der Waals surface area contributed by atoms with Gasteiger partial charge in [0.25, 0.3) is 5.91 Å². The number of methoxy groups -OCH3 is 1. The minimum absolute atomic E-state index is 0.0382. The van der Waals surface area contributed by atoms with Gasteiger partial charge in [0.05, 0.1) is 17.0 Å². The van der Waals surface area contributed by atoms with Crippen LogP contribution in [0.3, 0.4) is 0 Å². The maximum Gasteiger partial charge on any atom is 0.365 e. The molecule has 2 N–H and O–H groups in total. The van der Waals surface area contributed by atoms with Crippen molar-refractivity contribution in [3.63, 3.8) is 0 Å². The van der Waals surface area contributed by atoms with Gasteiger partial charge >= 0.3 is 5.97 Å². The maximum atomic E-state index is 12.5. The van der Waals surface area contributed by atoms with Gasteiger partial charge in [-0.2, -0.15) is 0 Å². The fourth-order valence-corrected chi connectivity index (χ4v) is 3.35. The third kappa shape index (κ3) is 4.70. The molecule has 0 aliphatic rings. The molecule has 142 valence electrons.